The zero-order valence-electron chi connectivity index (χ0n) is 16.9. The molecular formula is C20H30N6OS. The van der Waals surface area contributed by atoms with E-state index in [4.69, 9.17) is 4.98 Å². The van der Waals surface area contributed by atoms with Crippen LogP contribution in [0.25, 0.3) is 0 Å². The fourth-order valence-corrected chi connectivity index (χ4v) is 4.75. The Kier molecular flexibility index (Phi) is 5.96. The molecule has 0 N–H and O–H groups in total. The summed E-state index contributed by atoms with van der Waals surface area (Å²) in [6, 6.07) is 1.81. The molecule has 7 nitrogen and oxygen atoms in total. The van der Waals surface area contributed by atoms with Crippen LogP contribution in [0, 0.1) is 5.92 Å². The number of aryl methyl sites for hydroxylation is 1. The van der Waals surface area contributed by atoms with Gasteiger partial charge in [0.25, 0.3) is 5.91 Å². The zero-order chi connectivity index (χ0) is 19.5. The number of rotatable bonds is 5. The maximum Gasteiger partial charge on any atom is 0.274 e. The third kappa shape index (κ3) is 4.38. The molecule has 0 bridgehead atoms. The molecule has 0 aliphatic carbocycles. The summed E-state index contributed by atoms with van der Waals surface area (Å²) in [5.41, 5.74) is 1.72. The van der Waals surface area contributed by atoms with Crippen LogP contribution in [-0.4, -0.2) is 69.7 Å². The molecule has 4 rings (SSSR count). The van der Waals surface area contributed by atoms with Crippen LogP contribution >= 0.6 is 11.3 Å². The standard InChI is InChI=1S/C20H30N6OS/c1-3-26-9-6-18(22-26)19(27)24-10-12-25(13-11-24)20-21-17(15-28-20)14-23-7-4-16(2)5-8-23/h6,9,15-16H,3-5,7-8,10-14H2,1-2H3. The van der Waals surface area contributed by atoms with E-state index in [1.165, 1.54) is 31.6 Å². The first-order valence-electron chi connectivity index (χ1n) is 10.4. The average molecular weight is 403 g/mol. The lowest BCUT2D eigenvalue weighted by molar-refractivity contribution is 0.0740. The van der Waals surface area contributed by atoms with Crippen molar-refractivity contribution in [3.05, 3.63) is 29.0 Å². The minimum absolute atomic E-state index is 0.0333. The SMILES string of the molecule is CCn1ccc(C(=O)N2CCN(c3nc(CN4CCC(C)CC4)cs3)CC2)n1. The molecule has 0 atom stereocenters. The lowest BCUT2D eigenvalue weighted by atomic mass is 9.99. The van der Waals surface area contributed by atoms with E-state index < -0.39 is 0 Å². The van der Waals surface area contributed by atoms with Crippen molar-refractivity contribution in [1.82, 2.24) is 24.6 Å². The van der Waals surface area contributed by atoms with Crippen LogP contribution in [0.15, 0.2) is 17.6 Å². The summed E-state index contributed by atoms with van der Waals surface area (Å²) in [6.45, 7) is 11.6. The number of carbonyl (C=O) groups excluding carboxylic acids is 1. The molecule has 0 spiro atoms. The van der Waals surface area contributed by atoms with Gasteiger partial charge in [-0.05, 0) is 44.8 Å². The van der Waals surface area contributed by atoms with Gasteiger partial charge in [0, 0.05) is 50.8 Å². The second-order valence-corrected chi connectivity index (χ2v) is 8.75. The van der Waals surface area contributed by atoms with Gasteiger partial charge in [0.2, 0.25) is 0 Å². The third-order valence-electron chi connectivity index (χ3n) is 5.82. The predicted molar refractivity (Wildman–Crippen MR) is 112 cm³/mol. The summed E-state index contributed by atoms with van der Waals surface area (Å²) in [7, 11) is 0. The summed E-state index contributed by atoms with van der Waals surface area (Å²) in [6.07, 6.45) is 4.45. The van der Waals surface area contributed by atoms with Crippen LogP contribution in [0.4, 0.5) is 5.13 Å². The predicted octanol–water partition coefficient (Wildman–Crippen LogP) is 2.55. The number of anilines is 1. The van der Waals surface area contributed by atoms with Crippen molar-refractivity contribution < 1.29 is 4.79 Å². The zero-order valence-corrected chi connectivity index (χ0v) is 17.7. The van der Waals surface area contributed by atoms with Gasteiger partial charge in [-0.15, -0.1) is 11.3 Å². The quantitative estimate of drug-likeness (QED) is 0.769. The highest BCUT2D eigenvalue weighted by molar-refractivity contribution is 7.13. The topological polar surface area (TPSA) is 57.5 Å². The first-order chi connectivity index (χ1) is 13.6. The summed E-state index contributed by atoms with van der Waals surface area (Å²) >= 11 is 1.73. The molecule has 0 aromatic carbocycles. The third-order valence-corrected chi connectivity index (χ3v) is 6.77. The molecule has 2 saturated heterocycles. The van der Waals surface area contributed by atoms with Crippen LogP contribution in [0.2, 0.25) is 0 Å². The monoisotopic (exact) mass is 402 g/mol. The number of thiazole rings is 1. The lowest BCUT2D eigenvalue weighted by Crippen LogP contribution is -2.49. The van der Waals surface area contributed by atoms with E-state index in [0.29, 0.717) is 5.69 Å². The van der Waals surface area contributed by atoms with Crippen molar-refractivity contribution >= 4 is 22.4 Å². The molecule has 28 heavy (non-hydrogen) atoms. The Bertz CT molecular complexity index is 786. The highest BCUT2D eigenvalue weighted by Gasteiger charge is 2.25. The fraction of sp³-hybridized carbons (Fsp3) is 0.650. The van der Waals surface area contributed by atoms with Crippen LogP contribution in [0.5, 0.6) is 0 Å². The van der Waals surface area contributed by atoms with E-state index in [0.717, 1.165) is 50.3 Å². The first kappa shape index (κ1) is 19.4. The van der Waals surface area contributed by atoms with Crippen molar-refractivity contribution in [2.75, 3.05) is 44.2 Å². The number of carbonyl (C=O) groups is 1. The minimum Gasteiger partial charge on any atom is -0.345 e. The maximum atomic E-state index is 12.6. The summed E-state index contributed by atoms with van der Waals surface area (Å²) in [5, 5.41) is 7.62. The largest absolute Gasteiger partial charge is 0.345 e. The van der Waals surface area contributed by atoms with Gasteiger partial charge in [-0.2, -0.15) is 5.10 Å². The van der Waals surface area contributed by atoms with Crippen molar-refractivity contribution in [2.24, 2.45) is 5.92 Å². The van der Waals surface area contributed by atoms with Crippen LogP contribution in [0.1, 0.15) is 42.9 Å². The molecule has 152 valence electrons. The first-order valence-corrected chi connectivity index (χ1v) is 11.2. The molecular weight excluding hydrogens is 372 g/mol. The van der Waals surface area contributed by atoms with Crippen molar-refractivity contribution in [3.63, 3.8) is 0 Å². The highest BCUT2D eigenvalue weighted by Crippen LogP contribution is 2.24. The van der Waals surface area contributed by atoms with Gasteiger partial charge in [-0.1, -0.05) is 6.92 Å². The van der Waals surface area contributed by atoms with Gasteiger partial charge in [-0.3, -0.25) is 14.4 Å². The second kappa shape index (κ2) is 8.61. The molecule has 2 aliphatic rings. The number of piperazine rings is 1. The van der Waals surface area contributed by atoms with E-state index in [1.807, 2.05) is 24.1 Å². The number of aromatic nitrogens is 3. The molecule has 4 heterocycles. The summed E-state index contributed by atoms with van der Waals surface area (Å²) in [4.78, 5) is 24.2. The van der Waals surface area contributed by atoms with E-state index in [9.17, 15) is 4.79 Å². The molecule has 2 aromatic rings. The maximum absolute atomic E-state index is 12.6. The fourth-order valence-electron chi connectivity index (χ4n) is 3.88. The number of hydrogen-bond acceptors (Lipinski definition) is 6. The van der Waals surface area contributed by atoms with Crippen LogP contribution in [-0.2, 0) is 13.1 Å². The highest BCUT2D eigenvalue weighted by atomic mass is 32.1. The van der Waals surface area contributed by atoms with Crippen LogP contribution < -0.4 is 4.90 Å². The van der Waals surface area contributed by atoms with E-state index >= 15 is 0 Å². The van der Waals surface area contributed by atoms with Gasteiger partial charge in [0.1, 0.15) is 5.69 Å². The van der Waals surface area contributed by atoms with Crippen LogP contribution in [0.3, 0.4) is 0 Å². The Morgan fingerprint density at radius 3 is 2.61 bits per heavy atom. The van der Waals surface area contributed by atoms with Crippen molar-refractivity contribution in [2.45, 2.75) is 39.8 Å². The van der Waals surface area contributed by atoms with E-state index in [-0.39, 0.29) is 5.91 Å². The molecule has 2 fully saturated rings. The molecule has 0 unspecified atom stereocenters. The van der Waals surface area contributed by atoms with E-state index in [1.54, 1.807) is 16.0 Å². The number of hydrogen-bond donors (Lipinski definition) is 0. The number of piperidine rings is 1. The smallest absolute Gasteiger partial charge is 0.274 e. The summed E-state index contributed by atoms with van der Waals surface area (Å²) in [5.74, 6) is 0.892. The molecule has 2 aromatic heterocycles. The summed E-state index contributed by atoms with van der Waals surface area (Å²) < 4.78 is 1.80. The molecule has 0 radical (unpaired) electrons. The number of amides is 1. The lowest BCUT2D eigenvalue weighted by Gasteiger charge is -2.34. The Balaban J connectivity index is 1.29. The van der Waals surface area contributed by atoms with E-state index in [2.05, 4.69) is 27.2 Å². The molecule has 0 saturated carbocycles. The normalized spacial score (nSPS) is 19.4. The Labute approximate surface area is 170 Å². The van der Waals surface area contributed by atoms with Gasteiger partial charge < -0.3 is 9.80 Å². The Hall–Kier alpha value is -1.93. The molecule has 2 aliphatic heterocycles. The van der Waals surface area contributed by atoms with Gasteiger partial charge in [0.15, 0.2) is 5.13 Å². The van der Waals surface area contributed by atoms with Gasteiger partial charge in [0.05, 0.1) is 5.69 Å². The number of likely N-dealkylation sites (tertiary alicyclic amines) is 1. The van der Waals surface area contributed by atoms with Crippen molar-refractivity contribution in [1.29, 1.82) is 0 Å². The number of nitrogens with zero attached hydrogens (tertiary/aromatic N) is 6. The molecule has 1 amide bonds. The van der Waals surface area contributed by atoms with Crippen molar-refractivity contribution in [3.8, 4) is 0 Å². The minimum atomic E-state index is 0.0333. The Morgan fingerprint density at radius 1 is 1.18 bits per heavy atom. The molecule has 8 heteroatoms. The average Bonchev–Trinajstić information content (AvgIpc) is 3.39. The Morgan fingerprint density at radius 2 is 1.93 bits per heavy atom. The van der Waals surface area contributed by atoms with Gasteiger partial charge in [-0.25, -0.2) is 4.98 Å². The van der Waals surface area contributed by atoms with Gasteiger partial charge >= 0.3 is 0 Å². The second-order valence-electron chi connectivity index (χ2n) is 7.92.